The topological polar surface area (TPSA) is 35.5 Å². The minimum Gasteiger partial charge on any atom is -0.492 e. The van der Waals surface area contributed by atoms with Gasteiger partial charge in [0.05, 0.1) is 24.7 Å². The molecule has 1 aliphatic heterocycles. The van der Waals surface area contributed by atoms with Gasteiger partial charge in [-0.2, -0.15) is 13.2 Å². The van der Waals surface area contributed by atoms with Crippen molar-refractivity contribution in [2.75, 3.05) is 13.2 Å². The number of rotatable bonds is 3. The average molecular weight is 356 g/mol. The van der Waals surface area contributed by atoms with Crippen molar-refractivity contribution in [1.29, 1.82) is 0 Å². The van der Waals surface area contributed by atoms with E-state index in [4.69, 9.17) is 9.47 Å². The molecule has 1 heterocycles. The predicted octanol–water partition coefficient (Wildman–Crippen LogP) is 4.73. The third-order valence-corrected chi connectivity index (χ3v) is 5.74. The van der Waals surface area contributed by atoms with Crippen LogP contribution in [0.5, 0.6) is 5.75 Å². The van der Waals surface area contributed by atoms with Crippen LogP contribution in [0.1, 0.15) is 50.7 Å². The molecular weight excluding hydrogens is 333 g/mol. The zero-order chi connectivity index (χ0) is 18.2. The Morgan fingerprint density at radius 3 is 2.64 bits per heavy atom. The van der Waals surface area contributed by atoms with E-state index >= 15 is 0 Å². The average Bonchev–Trinajstić information content (AvgIpc) is 2.92. The normalized spacial score (nSPS) is 26.8. The quantitative estimate of drug-likeness (QED) is 0.735. The number of fused-ring (bicyclic) bond motifs is 2. The van der Waals surface area contributed by atoms with Crippen LogP contribution in [0.2, 0.25) is 0 Å². The Morgan fingerprint density at radius 1 is 1.36 bits per heavy atom. The second kappa shape index (κ2) is 6.54. The van der Waals surface area contributed by atoms with Crippen molar-refractivity contribution in [2.45, 2.75) is 51.1 Å². The van der Waals surface area contributed by atoms with E-state index in [1.807, 2.05) is 6.92 Å². The summed E-state index contributed by atoms with van der Waals surface area (Å²) in [5.74, 6) is 0.294. The lowest BCUT2D eigenvalue weighted by Gasteiger charge is -2.38. The summed E-state index contributed by atoms with van der Waals surface area (Å²) >= 11 is 0. The fourth-order valence-electron chi connectivity index (χ4n) is 4.12. The van der Waals surface area contributed by atoms with Crippen molar-refractivity contribution < 1.29 is 27.4 Å². The second-order valence-electron chi connectivity index (χ2n) is 7.16. The fraction of sp³-hybridized carbons (Fsp3) is 0.632. The summed E-state index contributed by atoms with van der Waals surface area (Å²) in [5, 5.41) is 0. The summed E-state index contributed by atoms with van der Waals surface area (Å²) in [6.45, 7) is 4.49. The van der Waals surface area contributed by atoms with Gasteiger partial charge in [0, 0.05) is 11.0 Å². The van der Waals surface area contributed by atoms with Crippen LogP contribution in [0.15, 0.2) is 18.2 Å². The zero-order valence-electron chi connectivity index (χ0n) is 14.5. The SMILES string of the molecule is CCOC(=O)C(C)C1CCC2(CC1)COc1cc(C(F)(F)F)ccc12. The van der Waals surface area contributed by atoms with E-state index in [-0.39, 0.29) is 23.2 Å². The van der Waals surface area contributed by atoms with Gasteiger partial charge in [0.2, 0.25) is 0 Å². The van der Waals surface area contributed by atoms with Crippen LogP contribution in [0, 0.1) is 11.8 Å². The second-order valence-corrected chi connectivity index (χ2v) is 7.16. The summed E-state index contributed by atoms with van der Waals surface area (Å²) in [5.41, 5.74) is -0.0136. The highest BCUT2D eigenvalue weighted by Gasteiger charge is 2.45. The lowest BCUT2D eigenvalue weighted by Crippen LogP contribution is -2.36. The molecule has 6 heteroatoms. The van der Waals surface area contributed by atoms with Crippen LogP contribution in [0.4, 0.5) is 13.2 Å². The van der Waals surface area contributed by atoms with Crippen molar-refractivity contribution in [3.8, 4) is 5.75 Å². The van der Waals surface area contributed by atoms with Gasteiger partial charge in [-0.3, -0.25) is 4.79 Å². The molecular formula is C19H23F3O3. The first-order chi connectivity index (χ1) is 11.8. The van der Waals surface area contributed by atoms with Crippen LogP contribution in [-0.4, -0.2) is 19.2 Å². The van der Waals surface area contributed by atoms with Crippen molar-refractivity contribution in [3.63, 3.8) is 0 Å². The van der Waals surface area contributed by atoms with Gasteiger partial charge in [-0.05, 0) is 50.7 Å². The number of hydrogen-bond acceptors (Lipinski definition) is 3. The first-order valence-corrected chi connectivity index (χ1v) is 8.78. The molecule has 0 bridgehead atoms. The molecule has 0 aromatic heterocycles. The number of benzene rings is 1. The number of halogens is 3. The number of hydrogen-bond donors (Lipinski definition) is 0. The molecule has 1 saturated carbocycles. The molecule has 1 aromatic rings. The summed E-state index contributed by atoms with van der Waals surface area (Å²) in [4.78, 5) is 11.9. The van der Waals surface area contributed by atoms with Gasteiger partial charge in [0.15, 0.2) is 0 Å². The lowest BCUT2D eigenvalue weighted by molar-refractivity contribution is -0.150. The Bertz CT molecular complexity index is 646. The summed E-state index contributed by atoms with van der Waals surface area (Å²) in [6, 6.07) is 3.82. The molecule has 2 aliphatic rings. The first-order valence-electron chi connectivity index (χ1n) is 8.78. The molecule has 1 fully saturated rings. The molecule has 1 spiro atoms. The van der Waals surface area contributed by atoms with E-state index in [2.05, 4.69) is 0 Å². The van der Waals surface area contributed by atoms with E-state index < -0.39 is 11.7 Å². The standard InChI is InChI=1S/C19H23F3O3/c1-3-24-17(23)12(2)13-6-8-18(9-7-13)11-25-16-10-14(19(20,21)22)4-5-15(16)18/h4-5,10,12-13H,3,6-9,11H2,1-2H3. The highest BCUT2D eigenvalue weighted by molar-refractivity contribution is 5.72. The third-order valence-electron chi connectivity index (χ3n) is 5.74. The Hall–Kier alpha value is -1.72. The minimum absolute atomic E-state index is 0.147. The summed E-state index contributed by atoms with van der Waals surface area (Å²) < 4.78 is 49.3. The van der Waals surface area contributed by atoms with Crippen LogP contribution >= 0.6 is 0 Å². The molecule has 0 radical (unpaired) electrons. The van der Waals surface area contributed by atoms with Gasteiger partial charge in [-0.1, -0.05) is 13.0 Å². The molecule has 0 saturated heterocycles. The van der Waals surface area contributed by atoms with E-state index in [1.165, 1.54) is 0 Å². The maximum Gasteiger partial charge on any atom is 0.416 e. The van der Waals surface area contributed by atoms with Crippen molar-refractivity contribution >= 4 is 5.97 Å². The molecule has 3 nitrogen and oxygen atoms in total. The molecule has 0 amide bonds. The van der Waals surface area contributed by atoms with Crippen molar-refractivity contribution in [3.05, 3.63) is 29.3 Å². The van der Waals surface area contributed by atoms with Crippen molar-refractivity contribution in [1.82, 2.24) is 0 Å². The molecule has 1 unspecified atom stereocenters. The Labute approximate surface area is 145 Å². The van der Waals surface area contributed by atoms with E-state index in [9.17, 15) is 18.0 Å². The van der Waals surface area contributed by atoms with Crippen molar-refractivity contribution in [2.24, 2.45) is 11.8 Å². The van der Waals surface area contributed by atoms with Gasteiger partial charge < -0.3 is 9.47 Å². The zero-order valence-corrected chi connectivity index (χ0v) is 14.5. The molecule has 25 heavy (non-hydrogen) atoms. The van der Waals surface area contributed by atoms with Gasteiger partial charge in [0.25, 0.3) is 0 Å². The van der Waals surface area contributed by atoms with E-state index in [1.54, 1.807) is 13.0 Å². The monoisotopic (exact) mass is 356 g/mol. The molecule has 138 valence electrons. The number of carbonyl (C=O) groups excluding carboxylic acids is 1. The molecule has 0 N–H and O–H groups in total. The molecule has 1 atom stereocenters. The smallest absolute Gasteiger partial charge is 0.416 e. The van der Waals surface area contributed by atoms with Gasteiger partial charge in [0.1, 0.15) is 5.75 Å². The van der Waals surface area contributed by atoms with Gasteiger partial charge in [-0.25, -0.2) is 0 Å². The molecule has 1 aliphatic carbocycles. The third kappa shape index (κ3) is 3.35. The fourth-order valence-corrected chi connectivity index (χ4v) is 4.12. The van der Waals surface area contributed by atoms with E-state index in [0.717, 1.165) is 43.4 Å². The highest BCUT2D eigenvalue weighted by atomic mass is 19.4. The maximum atomic E-state index is 12.9. The number of alkyl halides is 3. The number of ether oxygens (including phenoxy) is 2. The number of esters is 1. The first kappa shape index (κ1) is 18.1. The number of carbonyl (C=O) groups is 1. The van der Waals surface area contributed by atoms with Crippen LogP contribution < -0.4 is 4.74 Å². The Kier molecular flexibility index (Phi) is 4.73. The minimum atomic E-state index is -4.36. The van der Waals surface area contributed by atoms with Gasteiger partial charge in [-0.15, -0.1) is 0 Å². The largest absolute Gasteiger partial charge is 0.492 e. The van der Waals surface area contributed by atoms with Crippen LogP contribution in [0.3, 0.4) is 0 Å². The van der Waals surface area contributed by atoms with Crippen LogP contribution in [0.25, 0.3) is 0 Å². The summed E-state index contributed by atoms with van der Waals surface area (Å²) in [7, 11) is 0. The highest BCUT2D eigenvalue weighted by Crippen LogP contribution is 2.51. The molecule has 3 rings (SSSR count). The summed E-state index contributed by atoms with van der Waals surface area (Å²) in [6.07, 6.45) is -1.02. The van der Waals surface area contributed by atoms with Crippen LogP contribution in [-0.2, 0) is 21.1 Å². The Balaban J connectivity index is 1.72. The molecule has 1 aromatic carbocycles. The predicted molar refractivity (Wildman–Crippen MR) is 86.4 cm³/mol. The van der Waals surface area contributed by atoms with E-state index in [0.29, 0.717) is 19.0 Å². The Morgan fingerprint density at radius 2 is 2.04 bits per heavy atom. The maximum absolute atomic E-state index is 12.9. The lowest BCUT2D eigenvalue weighted by atomic mass is 9.65. The van der Waals surface area contributed by atoms with Gasteiger partial charge >= 0.3 is 12.1 Å².